The van der Waals surface area contributed by atoms with E-state index in [0.29, 0.717) is 25.9 Å². The first-order valence-electron chi connectivity index (χ1n) is 12.4. The van der Waals surface area contributed by atoms with Gasteiger partial charge in [-0.2, -0.15) is 0 Å². The summed E-state index contributed by atoms with van der Waals surface area (Å²) in [5.41, 5.74) is 14.7. The van der Waals surface area contributed by atoms with Crippen molar-refractivity contribution in [1.29, 1.82) is 0 Å². The number of hydrogen-bond acceptors (Lipinski definition) is 7. The highest BCUT2D eigenvalue weighted by atomic mass is 16.4. The Morgan fingerprint density at radius 1 is 1.06 bits per heavy atom. The maximum absolute atomic E-state index is 13.3. The average molecular weight is 488 g/mol. The van der Waals surface area contributed by atoms with Gasteiger partial charge in [0.05, 0.1) is 5.69 Å². The molecule has 1 aliphatic rings. The van der Waals surface area contributed by atoms with Crippen LogP contribution in [0.3, 0.4) is 0 Å². The highest BCUT2D eigenvalue weighted by Crippen LogP contribution is 2.34. The van der Waals surface area contributed by atoms with Crippen molar-refractivity contribution in [3.05, 3.63) is 95.1 Å². The van der Waals surface area contributed by atoms with Gasteiger partial charge in [0.15, 0.2) is 11.3 Å². The minimum Gasteiger partial charge on any atom is -0.479 e. The van der Waals surface area contributed by atoms with Gasteiger partial charge in [-0.1, -0.05) is 36.4 Å². The summed E-state index contributed by atoms with van der Waals surface area (Å²) in [4.78, 5) is 34.3. The minimum absolute atomic E-state index is 0.187. The Bertz CT molecular complexity index is 1190. The zero-order valence-electron chi connectivity index (χ0n) is 20.3. The quantitative estimate of drug-likeness (QED) is 0.239. The first-order chi connectivity index (χ1) is 17.4. The highest BCUT2D eigenvalue weighted by Gasteiger charge is 2.48. The van der Waals surface area contributed by atoms with Crippen molar-refractivity contribution in [3.63, 3.8) is 0 Å². The Kier molecular flexibility index (Phi) is 8.20. The second kappa shape index (κ2) is 11.5. The van der Waals surface area contributed by atoms with Gasteiger partial charge in [0.2, 0.25) is 0 Å². The molecule has 3 atom stereocenters. The number of aryl methyl sites for hydroxylation is 1. The predicted molar refractivity (Wildman–Crippen MR) is 137 cm³/mol. The number of nitrogens with two attached hydrogens (primary N) is 2. The zero-order valence-corrected chi connectivity index (χ0v) is 20.3. The van der Waals surface area contributed by atoms with Gasteiger partial charge in [0, 0.05) is 48.7 Å². The molecule has 1 aromatic carbocycles. The second-order valence-corrected chi connectivity index (χ2v) is 9.45. The number of aromatic nitrogens is 2. The Labute approximate surface area is 211 Å². The van der Waals surface area contributed by atoms with E-state index in [1.165, 1.54) is 5.56 Å². The molecule has 0 saturated carbocycles. The summed E-state index contributed by atoms with van der Waals surface area (Å²) in [6.07, 6.45) is 7.47. The summed E-state index contributed by atoms with van der Waals surface area (Å²) in [5, 5.41) is 13.3. The van der Waals surface area contributed by atoms with Crippen molar-refractivity contribution in [2.45, 2.75) is 62.7 Å². The van der Waals surface area contributed by atoms with Crippen LogP contribution in [0.15, 0.2) is 67.0 Å². The summed E-state index contributed by atoms with van der Waals surface area (Å²) in [6.45, 7) is 1.19. The molecule has 1 aliphatic carbocycles. The van der Waals surface area contributed by atoms with Gasteiger partial charge in [0.1, 0.15) is 0 Å². The third kappa shape index (κ3) is 5.67. The van der Waals surface area contributed by atoms with E-state index in [1.54, 1.807) is 36.7 Å². The van der Waals surface area contributed by atoms with Crippen LogP contribution in [0.25, 0.3) is 0 Å². The molecule has 0 saturated heterocycles. The largest absolute Gasteiger partial charge is 0.479 e. The Morgan fingerprint density at radius 3 is 2.56 bits per heavy atom. The van der Waals surface area contributed by atoms with E-state index >= 15 is 0 Å². The summed E-state index contributed by atoms with van der Waals surface area (Å²) in [7, 11) is 0. The van der Waals surface area contributed by atoms with E-state index in [-0.39, 0.29) is 11.5 Å². The predicted octanol–water partition coefficient (Wildman–Crippen LogP) is 2.96. The number of hydrogen-bond donors (Lipinski definition) is 4. The lowest BCUT2D eigenvalue weighted by atomic mass is 9.78. The summed E-state index contributed by atoms with van der Waals surface area (Å²) in [5.74, 6) is -1.91. The van der Waals surface area contributed by atoms with Crippen molar-refractivity contribution in [2.24, 2.45) is 11.5 Å². The summed E-state index contributed by atoms with van der Waals surface area (Å²) in [6, 6.07) is 15.5. The number of nitrogens with one attached hydrogen (secondary N) is 1. The zero-order chi connectivity index (χ0) is 25.5. The molecule has 0 aliphatic heterocycles. The molecule has 36 heavy (non-hydrogen) atoms. The number of aliphatic carboxylic acids is 1. The number of benzene rings is 1. The Morgan fingerprint density at radius 2 is 1.83 bits per heavy atom. The van der Waals surface area contributed by atoms with E-state index in [1.807, 2.05) is 24.3 Å². The molecule has 188 valence electrons. The fourth-order valence-electron chi connectivity index (χ4n) is 4.87. The number of fused-ring (bicyclic) bond motifs is 1. The number of pyridine rings is 2. The number of Topliss-reactive ketones (excluding diaryl/α,β-unsaturated/α-hetero) is 1. The van der Waals surface area contributed by atoms with Gasteiger partial charge in [-0.3, -0.25) is 14.8 Å². The van der Waals surface area contributed by atoms with Crippen molar-refractivity contribution in [3.8, 4) is 0 Å². The van der Waals surface area contributed by atoms with Crippen molar-refractivity contribution >= 4 is 11.8 Å². The van der Waals surface area contributed by atoms with Crippen LogP contribution in [-0.2, 0) is 24.3 Å². The highest BCUT2D eigenvalue weighted by molar-refractivity contribution is 6.16. The molecule has 2 unspecified atom stereocenters. The first-order valence-corrected chi connectivity index (χ1v) is 12.4. The van der Waals surface area contributed by atoms with Gasteiger partial charge in [-0.25, -0.2) is 4.79 Å². The number of ketones is 1. The van der Waals surface area contributed by atoms with Crippen LogP contribution in [0.4, 0.5) is 0 Å². The fraction of sp³-hybridized carbons (Fsp3) is 0.357. The van der Waals surface area contributed by atoms with Crippen molar-refractivity contribution in [1.82, 2.24) is 15.3 Å². The van der Waals surface area contributed by atoms with Gasteiger partial charge >= 0.3 is 5.97 Å². The molecule has 0 spiro atoms. The van der Waals surface area contributed by atoms with Crippen molar-refractivity contribution in [2.75, 3.05) is 0 Å². The number of carbonyl (C=O) groups excluding carboxylic acids is 1. The molecule has 8 heteroatoms. The maximum atomic E-state index is 13.3. The lowest BCUT2D eigenvalue weighted by molar-refractivity contribution is -0.142. The average Bonchev–Trinajstić information content (AvgIpc) is 2.91. The van der Waals surface area contributed by atoms with Gasteiger partial charge in [0.25, 0.3) is 0 Å². The van der Waals surface area contributed by atoms with E-state index in [2.05, 4.69) is 21.4 Å². The SMILES string of the molecule is NC(CCC1CCCc2cccnc21)[C@@](N)(C(=O)O)C(=O)c1ccc(CNCc2ccccn2)cc1. The molecule has 3 aromatic rings. The van der Waals surface area contributed by atoms with Crippen LogP contribution in [0.5, 0.6) is 0 Å². The molecule has 0 fully saturated rings. The van der Waals surface area contributed by atoms with E-state index in [9.17, 15) is 14.7 Å². The van der Waals surface area contributed by atoms with E-state index in [4.69, 9.17) is 11.5 Å². The molecule has 4 rings (SSSR count). The van der Waals surface area contributed by atoms with Crippen LogP contribution < -0.4 is 16.8 Å². The van der Waals surface area contributed by atoms with Crippen LogP contribution >= 0.6 is 0 Å². The maximum Gasteiger partial charge on any atom is 0.333 e. The first kappa shape index (κ1) is 25.6. The third-order valence-electron chi connectivity index (χ3n) is 7.03. The molecular formula is C28H33N5O3. The lowest BCUT2D eigenvalue weighted by Gasteiger charge is -2.31. The van der Waals surface area contributed by atoms with Crippen LogP contribution in [0.2, 0.25) is 0 Å². The number of carboxylic acids is 1. The molecule has 2 aromatic heterocycles. The second-order valence-electron chi connectivity index (χ2n) is 9.45. The molecule has 8 nitrogen and oxygen atoms in total. The topological polar surface area (TPSA) is 144 Å². The normalized spacial score (nSPS) is 17.6. The molecule has 0 bridgehead atoms. The monoisotopic (exact) mass is 487 g/mol. The lowest BCUT2D eigenvalue weighted by Crippen LogP contribution is -2.66. The third-order valence-corrected chi connectivity index (χ3v) is 7.03. The number of carbonyl (C=O) groups is 2. The van der Waals surface area contributed by atoms with Crippen LogP contribution in [-0.4, -0.2) is 38.4 Å². The van der Waals surface area contributed by atoms with Gasteiger partial charge < -0.3 is 21.9 Å². The Balaban J connectivity index is 1.39. The molecular weight excluding hydrogens is 454 g/mol. The van der Waals surface area contributed by atoms with Gasteiger partial charge in [-0.05, 0) is 61.4 Å². The summed E-state index contributed by atoms with van der Waals surface area (Å²) >= 11 is 0. The van der Waals surface area contributed by atoms with E-state index in [0.717, 1.165) is 36.2 Å². The smallest absolute Gasteiger partial charge is 0.333 e. The molecule has 2 heterocycles. The number of rotatable bonds is 11. The van der Waals surface area contributed by atoms with Crippen LogP contribution in [0, 0.1) is 0 Å². The van der Waals surface area contributed by atoms with Crippen LogP contribution in [0.1, 0.15) is 64.5 Å². The van der Waals surface area contributed by atoms with Gasteiger partial charge in [-0.15, -0.1) is 0 Å². The number of carboxylic acid groups (broad SMARTS) is 1. The Hall–Kier alpha value is -3.46. The molecule has 0 amide bonds. The fourth-order valence-corrected chi connectivity index (χ4v) is 4.87. The minimum atomic E-state index is -2.21. The standard InChI is InChI=1S/C28H33N5O3/c29-24(14-13-21-6-3-5-20-7-4-16-33-25(20)21)28(30,27(35)36)26(34)22-11-9-19(10-12-22)17-31-18-23-8-1-2-15-32-23/h1-2,4,7-12,15-16,21,24,31H,3,5-6,13-14,17-18,29-30H2,(H,35,36)/t21?,24?,28-/m0/s1. The summed E-state index contributed by atoms with van der Waals surface area (Å²) < 4.78 is 0. The number of nitrogens with zero attached hydrogens (tertiary/aromatic N) is 2. The van der Waals surface area contributed by atoms with Crippen molar-refractivity contribution < 1.29 is 14.7 Å². The van der Waals surface area contributed by atoms with E-state index < -0.39 is 23.3 Å². The molecule has 6 N–H and O–H groups in total. The molecule has 0 radical (unpaired) electrons.